The fourth-order valence-electron chi connectivity index (χ4n) is 1.64. The van der Waals surface area contributed by atoms with Crippen molar-refractivity contribution in [2.24, 2.45) is 0 Å². The first-order valence-corrected chi connectivity index (χ1v) is 7.78. The Morgan fingerprint density at radius 2 is 2.17 bits per heavy atom. The van der Waals surface area contributed by atoms with Gasteiger partial charge in [0.15, 0.2) is 0 Å². The van der Waals surface area contributed by atoms with E-state index in [1.54, 1.807) is 0 Å². The van der Waals surface area contributed by atoms with E-state index in [0.29, 0.717) is 6.04 Å². The van der Waals surface area contributed by atoms with Gasteiger partial charge in [-0.25, -0.2) is 0 Å². The fraction of sp³-hybridized carbons (Fsp3) is 0.500. The average Bonchev–Trinajstić information content (AvgIpc) is 2.42. The van der Waals surface area contributed by atoms with Gasteiger partial charge in [0, 0.05) is 16.7 Å². The maximum Gasteiger partial charge on any atom is 0.0292 e. The van der Waals surface area contributed by atoms with Gasteiger partial charge in [-0.05, 0) is 44.0 Å². The molecule has 1 aromatic carbocycles. The van der Waals surface area contributed by atoms with Crippen molar-refractivity contribution < 1.29 is 0 Å². The van der Waals surface area contributed by atoms with Gasteiger partial charge in [0.25, 0.3) is 0 Å². The Hall–Kier alpha value is -0.730. The summed E-state index contributed by atoms with van der Waals surface area (Å²) < 4.78 is 0. The first-order chi connectivity index (χ1) is 8.67. The summed E-state index contributed by atoms with van der Waals surface area (Å²) >= 11 is 1.88. The molecular weight excluding hydrogens is 238 g/mol. The SMILES string of the molecule is C=C(CC)CSc1cccc(C(C)NCCC)c1. The molecule has 0 aliphatic heterocycles. The standard InChI is InChI=1S/C16H25NS/c1-5-10-17-14(4)15-8-7-9-16(11-15)18-12-13(3)6-2/h7-9,11,14,17H,3,5-6,10,12H2,1-2,4H3. The molecule has 0 heterocycles. The van der Waals surface area contributed by atoms with Crippen LogP contribution in [0.2, 0.25) is 0 Å². The Morgan fingerprint density at radius 1 is 1.39 bits per heavy atom. The molecule has 1 atom stereocenters. The molecule has 0 aromatic heterocycles. The van der Waals surface area contributed by atoms with E-state index in [0.717, 1.165) is 18.7 Å². The topological polar surface area (TPSA) is 12.0 Å². The van der Waals surface area contributed by atoms with Crippen LogP contribution in [-0.4, -0.2) is 12.3 Å². The first-order valence-electron chi connectivity index (χ1n) is 6.80. The molecule has 0 bridgehead atoms. The van der Waals surface area contributed by atoms with Crippen molar-refractivity contribution in [3.8, 4) is 0 Å². The Balaban J connectivity index is 2.58. The lowest BCUT2D eigenvalue weighted by molar-refractivity contribution is 0.570. The molecule has 0 saturated carbocycles. The number of hydrogen-bond donors (Lipinski definition) is 1. The van der Waals surface area contributed by atoms with E-state index in [1.807, 2.05) is 11.8 Å². The van der Waals surface area contributed by atoms with E-state index in [1.165, 1.54) is 22.5 Å². The normalized spacial score (nSPS) is 12.4. The van der Waals surface area contributed by atoms with Crippen LogP contribution in [0.25, 0.3) is 0 Å². The van der Waals surface area contributed by atoms with E-state index in [9.17, 15) is 0 Å². The van der Waals surface area contributed by atoms with Crippen LogP contribution in [0, 0.1) is 0 Å². The number of hydrogen-bond acceptors (Lipinski definition) is 2. The third kappa shape index (κ3) is 5.28. The largest absolute Gasteiger partial charge is 0.310 e. The zero-order valence-electron chi connectivity index (χ0n) is 11.8. The van der Waals surface area contributed by atoms with E-state index in [4.69, 9.17) is 0 Å². The van der Waals surface area contributed by atoms with Crippen molar-refractivity contribution >= 4 is 11.8 Å². The highest BCUT2D eigenvalue weighted by Gasteiger charge is 2.05. The molecule has 100 valence electrons. The zero-order valence-corrected chi connectivity index (χ0v) is 12.6. The highest BCUT2D eigenvalue weighted by atomic mass is 32.2. The van der Waals surface area contributed by atoms with Crippen molar-refractivity contribution in [1.29, 1.82) is 0 Å². The van der Waals surface area contributed by atoms with Crippen LogP contribution >= 0.6 is 11.8 Å². The van der Waals surface area contributed by atoms with Crippen LogP contribution in [0.4, 0.5) is 0 Å². The predicted molar refractivity (Wildman–Crippen MR) is 83.3 cm³/mol. The molecule has 18 heavy (non-hydrogen) atoms. The van der Waals surface area contributed by atoms with Crippen molar-refractivity contribution in [2.45, 2.75) is 44.6 Å². The summed E-state index contributed by atoms with van der Waals surface area (Å²) in [5, 5.41) is 3.53. The number of nitrogens with one attached hydrogen (secondary N) is 1. The lowest BCUT2D eigenvalue weighted by Crippen LogP contribution is -2.19. The van der Waals surface area contributed by atoms with Gasteiger partial charge in [0.2, 0.25) is 0 Å². The molecule has 0 fully saturated rings. The van der Waals surface area contributed by atoms with Crippen LogP contribution in [0.3, 0.4) is 0 Å². The summed E-state index contributed by atoms with van der Waals surface area (Å²) in [6.45, 7) is 11.7. The molecule has 0 amide bonds. The lowest BCUT2D eigenvalue weighted by Gasteiger charge is -2.14. The molecule has 0 saturated heterocycles. The molecule has 0 aliphatic rings. The quantitative estimate of drug-likeness (QED) is 0.534. The van der Waals surface area contributed by atoms with Crippen molar-refractivity contribution in [3.63, 3.8) is 0 Å². The van der Waals surface area contributed by atoms with Gasteiger partial charge in [-0.3, -0.25) is 0 Å². The summed E-state index contributed by atoms with van der Waals surface area (Å²) in [5.74, 6) is 1.02. The van der Waals surface area contributed by atoms with E-state index >= 15 is 0 Å². The number of rotatable bonds is 8. The van der Waals surface area contributed by atoms with Gasteiger partial charge in [0.1, 0.15) is 0 Å². The third-order valence-corrected chi connectivity index (χ3v) is 4.14. The zero-order chi connectivity index (χ0) is 13.4. The third-order valence-electron chi connectivity index (χ3n) is 3.00. The highest BCUT2D eigenvalue weighted by Crippen LogP contribution is 2.24. The summed E-state index contributed by atoms with van der Waals surface area (Å²) in [7, 11) is 0. The van der Waals surface area contributed by atoms with Gasteiger partial charge >= 0.3 is 0 Å². The molecule has 0 aliphatic carbocycles. The van der Waals surface area contributed by atoms with Gasteiger partial charge in [-0.15, -0.1) is 11.8 Å². The number of thioether (sulfide) groups is 1. The van der Waals surface area contributed by atoms with Crippen molar-refractivity contribution in [3.05, 3.63) is 42.0 Å². The molecule has 1 aromatic rings. The van der Waals surface area contributed by atoms with Crippen LogP contribution in [0.1, 0.15) is 45.2 Å². The summed E-state index contributed by atoms with van der Waals surface area (Å²) in [4.78, 5) is 1.34. The minimum absolute atomic E-state index is 0.430. The number of benzene rings is 1. The smallest absolute Gasteiger partial charge is 0.0292 e. The Bertz CT molecular complexity index is 373. The van der Waals surface area contributed by atoms with Gasteiger partial charge in [0.05, 0.1) is 0 Å². The van der Waals surface area contributed by atoms with Crippen molar-refractivity contribution in [1.82, 2.24) is 5.32 Å². The monoisotopic (exact) mass is 263 g/mol. The molecule has 1 rings (SSSR count). The summed E-state index contributed by atoms with van der Waals surface area (Å²) in [6, 6.07) is 9.26. The molecule has 1 nitrogen and oxygen atoms in total. The second-order valence-electron chi connectivity index (χ2n) is 4.64. The van der Waals surface area contributed by atoms with Gasteiger partial charge in [-0.2, -0.15) is 0 Å². The Labute approximate surface area is 116 Å². The predicted octanol–water partition coefficient (Wildman–Crippen LogP) is 4.81. The molecule has 2 heteroatoms. The van der Waals surface area contributed by atoms with Crippen LogP contribution in [0.5, 0.6) is 0 Å². The second kappa shape index (κ2) is 8.39. The molecule has 0 radical (unpaired) electrons. The Morgan fingerprint density at radius 3 is 2.83 bits per heavy atom. The van der Waals surface area contributed by atoms with Crippen LogP contribution in [0.15, 0.2) is 41.3 Å². The first kappa shape index (κ1) is 15.3. The molecule has 0 spiro atoms. The maximum absolute atomic E-state index is 4.05. The average molecular weight is 263 g/mol. The summed E-state index contributed by atoms with van der Waals surface area (Å²) in [6.07, 6.45) is 2.25. The van der Waals surface area contributed by atoms with E-state index < -0.39 is 0 Å². The van der Waals surface area contributed by atoms with Crippen LogP contribution in [-0.2, 0) is 0 Å². The van der Waals surface area contributed by atoms with Gasteiger partial charge < -0.3 is 5.32 Å². The van der Waals surface area contributed by atoms with E-state index in [-0.39, 0.29) is 0 Å². The maximum atomic E-state index is 4.05. The molecule has 1 N–H and O–H groups in total. The highest BCUT2D eigenvalue weighted by molar-refractivity contribution is 7.99. The molecule has 1 unspecified atom stereocenters. The van der Waals surface area contributed by atoms with Crippen molar-refractivity contribution in [2.75, 3.05) is 12.3 Å². The minimum Gasteiger partial charge on any atom is -0.310 e. The fourth-order valence-corrected chi connectivity index (χ4v) is 2.61. The minimum atomic E-state index is 0.430. The van der Waals surface area contributed by atoms with Crippen LogP contribution < -0.4 is 5.32 Å². The lowest BCUT2D eigenvalue weighted by atomic mass is 10.1. The Kier molecular flexibility index (Phi) is 7.14. The molecular formula is C16H25NS. The van der Waals surface area contributed by atoms with E-state index in [2.05, 4.69) is 56.9 Å². The second-order valence-corrected chi connectivity index (χ2v) is 5.69. The van der Waals surface area contributed by atoms with Gasteiger partial charge in [-0.1, -0.05) is 38.1 Å². The summed E-state index contributed by atoms with van der Waals surface area (Å²) in [5.41, 5.74) is 2.68.